The van der Waals surface area contributed by atoms with E-state index in [1.54, 1.807) is 0 Å². The third-order valence-corrected chi connectivity index (χ3v) is 4.42. The summed E-state index contributed by atoms with van der Waals surface area (Å²) in [4.78, 5) is 2.45. The van der Waals surface area contributed by atoms with E-state index in [0.717, 1.165) is 25.4 Å². The maximum Gasteiger partial charge on any atom is 0.00109 e. The molecule has 3 heteroatoms. The van der Waals surface area contributed by atoms with Crippen LogP contribution >= 0.6 is 0 Å². The van der Waals surface area contributed by atoms with Crippen LogP contribution in [0.25, 0.3) is 0 Å². The quantitative estimate of drug-likeness (QED) is 0.684. The fraction of sp³-hybridized carbons (Fsp3) is 1.00. The van der Waals surface area contributed by atoms with E-state index in [0.29, 0.717) is 11.5 Å². The lowest BCUT2D eigenvalue weighted by atomic mass is 9.73. The molecule has 1 aliphatic heterocycles. The summed E-state index contributed by atoms with van der Waals surface area (Å²) in [6.07, 6.45) is 5.03. The molecule has 3 N–H and O–H groups in total. The number of nitrogens with two attached hydrogens (primary N) is 1. The van der Waals surface area contributed by atoms with Crippen molar-refractivity contribution in [2.75, 3.05) is 33.2 Å². The van der Waals surface area contributed by atoms with Gasteiger partial charge < -0.3 is 16.0 Å². The second kappa shape index (κ2) is 7.46. The van der Waals surface area contributed by atoms with Crippen LogP contribution in [0.15, 0.2) is 0 Å². The lowest BCUT2D eigenvalue weighted by Crippen LogP contribution is -2.42. The Hall–Kier alpha value is -0.120. The van der Waals surface area contributed by atoms with Crippen LogP contribution in [0, 0.1) is 11.3 Å². The van der Waals surface area contributed by atoms with Crippen molar-refractivity contribution in [1.29, 1.82) is 0 Å². The summed E-state index contributed by atoms with van der Waals surface area (Å²) in [6, 6.07) is 0.341. The Morgan fingerprint density at radius 2 is 1.94 bits per heavy atom. The van der Waals surface area contributed by atoms with Crippen molar-refractivity contribution < 1.29 is 0 Å². The topological polar surface area (TPSA) is 41.3 Å². The smallest absolute Gasteiger partial charge is 0.00109 e. The molecule has 108 valence electrons. The number of rotatable bonds is 7. The van der Waals surface area contributed by atoms with Gasteiger partial charge in [0.1, 0.15) is 0 Å². The largest absolute Gasteiger partial charge is 0.328 e. The van der Waals surface area contributed by atoms with E-state index < -0.39 is 0 Å². The number of nitrogens with zero attached hydrogens (tertiary/aromatic N) is 1. The summed E-state index contributed by atoms with van der Waals surface area (Å²) in [5.41, 5.74) is 6.18. The van der Waals surface area contributed by atoms with E-state index in [4.69, 9.17) is 5.73 Å². The van der Waals surface area contributed by atoms with Gasteiger partial charge in [0, 0.05) is 12.6 Å². The van der Waals surface area contributed by atoms with E-state index in [9.17, 15) is 0 Å². The second-order valence-corrected chi connectivity index (χ2v) is 6.86. The van der Waals surface area contributed by atoms with E-state index in [1.165, 1.54) is 32.4 Å². The molecule has 18 heavy (non-hydrogen) atoms. The van der Waals surface area contributed by atoms with Gasteiger partial charge in [-0.25, -0.2) is 0 Å². The van der Waals surface area contributed by atoms with Gasteiger partial charge in [0.05, 0.1) is 0 Å². The van der Waals surface area contributed by atoms with Gasteiger partial charge in [0.2, 0.25) is 0 Å². The predicted octanol–water partition coefficient (Wildman–Crippen LogP) is 2.07. The predicted molar refractivity (Wildman–Crippen MR) is 79.8 cm³/mol. The molecule has 1 aliphatic rings. The van der Waals surface area contributed by atoms with Crippen molar-refractivity contribution in [2.24, 2.45) is 17.1 Å². The van der Waals surface area contributed by atoms with Crippen molar-refractivity contribution in [3.63, 3.8) is 0 Å². The van der Waals surface area contributed by atoms with E-state index in [-0.39, 0.29) is 0 Å². The summed E-state index contributed by atoms with van der Waals surface area (Å²) in [6.45, 7) is 11.7. The number of piperidine rings is 1. The first kappa shape index (κ1) is 15.9. The Labute approximate surface area is 113 Å². The maximum absolute atomic E-state index is 5.76. The molecule has 0 radical (unpaired) electrons. The summed E-state index contributed by atoms with van der Waals surface area (Å²) in [7, 11) is 2.23. The highest BCUT2D eigenvalue weighted by Crippen LogP contribution is 2.34. The Bertz CT molecular complexity index is 218. The van der Waals surface area contributed by atoms with Crippen molar-refractivity contribution in [2.45, 2.75) is 52.5 Å². The van der Waals surface area contributed by atoms with E-state index in [1.807, 2.05) is 0 Å². The first-order valence-corrected chi connectivity index (χ1v) is 7.56. The number of likely N-dealkylation sites (tertiary alicyclic amines) is 1. The van der Waals surface area contributed by atoms with Gasteiger partial charge in [-0.2, -0.15) is 0 Å². The molecule has 0 spiro atoms. The zero-order valence-electron chi connectivity index (χ0n) is 12.8. The monoisotopic (exact) mass is 255 g/mol. The molecule has 0 amide bonds. The molecular weight excluding hydrogens is 222 g/mol. The van der Waals surface area contributed by atoms with Crippen LogP contribution in [-0.2, 0) is 0 Å². The molecule has 1 atom stereocenters. The minimum absolute atomic E-state index is 0.341. The average Bonchev–Trinajstić information content (AvgIpc) is 2.28. The Balaban J connectivity index is 2.18. The first-order valence-electron chi connectivity index (χ1n) is 7.56. The molecular formula is C15H33N3. The lowest BCUT2D eigenvalue weighted by molar-refractivity contribution is 0.113. The molecule has 1 rings (SSSR count). The molecule has 0 aliphatic carbocycles. The average molecular weight is 255 g/mol. The molecule has 1 fully saturated rings. The normalized spacial score (nSPS) is 21.2. The standard InChI is InChI=1S/C15H33N3/c1-13(16)6-5-9-17-12-15(2,3)14-7-10-18(4)11-8-14/h13-14,17H,5-12,16H2,1-4H3. The van der Waals surface area contributed by atoms with Gasteiger partial charge in [-0.1, -0.05) is 13.8 Å². The third-order valence-electron chi connectivity index (χ3n) is 4.42. The third kappa shape index (κ3) is 5.68. The van der Waals surface area contributed by atoms with Gasteiger partial charge in [-0.3, -0.25) is 0 Å². The van der Waals surface area contributed by atoms with Gasteiger partial charge in [0.15, 0.2) is 0 Å². The first-order chi connectivity index (χ1) is 8.42. The Morgan fingerprint density at radius 1 is 1.33 bits per heavy atom. The van der Waals surface area contributed by atoms with Crippen LogP contribution in [0.3, 0.4) is 0 Å². The Morgan fingerprint density at radius 3 is 2.50 bits per heavy atom. The SMILES string of the molecule is CC(N)CCCNCC(C)(C)C1CCN(C)CC1. The highest BCUT2D eigenvalue weighted by molar-refractivity contribution is 4.84. The zero-order chi connectivity index (χ0) is 13.6. The van der Waals surface area contributed by atoms with Gasteiger partial charge in [-0.15, -0.1) is 0 Å². The van der Waals surface area contributed by atoms with Gasteiger partial charge in [0.25, 0.3) is 0 Å². The number of hydrogen-bond donors (Lipinski definition) is 2. The molecule has 0 aromatic heterocycles. The minimum atomic E-state index is 0.341. The molecule has 1 saturated heterocycles. The van der Waals surface area contributed by atoms with Crippen LogP contribution in [0.2, 0.25) is 0 Å². The van der Waals surface area contributed by atoms with Crippen LogP contribution in [-0.4, -0.2) is 44.2 Å². The van der Waals surface area contributed by atoms with E-state index in [2.05, 4.69) is 38.0 Å². The van der Waals surface area contributed by atoms with Gasteiger partial charge in [-0.05, 0) is 70.6 Å². The lowest BCUT2D eigenvalue weighted by Gasteiger charge is -2.40. The van der Waals surface area contributed by atoms with E-state index >= 15 is 0 Å². The molecule has 1 unspecified atom stereocenters. The molecule has 1 heterocycles. The highest BCUT2D eigenvalue weighted by atomic mass is 15.1. The summed E-state index contributed by atoms with van der Waals surface area (Å²) in [5.74, 6) is 0.870. The van der Waals surface area contributed by atoms with Crippen LogP contribution in [0.1, 0.15) is 46.5 Å². The van der Waals surface area contributed by atoms with Crippen molar-refractivity contribution in [3.8, 4) is 0 Å². The van der Waals surface area contributed by atoms with Crippen LogP contribution in [0.4, 0.5) is 0 Å². The fourth-order valence-electron chi connectivity index (χ4n) is 2.89. The fourth-order valence-corrected chi connectivity index (χ4v) is 2.89. The molecule has 0 saturated carbocycles. The van der Waals surface area contributed by atoms with Crippen molar-refractivity contribution in [1.82, 2.24) is 10.2 Å². The summed E-state index contributed by atoms with van der Waals surface area (Å²) < 4.78 is 0. The van der Waals surface area contributed by atoms with Crippen molar-refractivity contribution >= 4 is 0 Å². The van der Waals surface area contributed by atoms with Crippen LogP contribution < -0.4 is 11.1 Å². The van der Waals surface area contributed by atoms with Crippen molar-refractivity contribution in [3.05, 3.63) is 0 Å². The summed E-state index contributed by atoms with van der Waals surface area (Å²) in [5, 5.41) is 3.62. The Kier molecular flexibility index (Phi) is 6.61. The zero-order valence-corrected chi connectivity index (χ0v) is 12.8. The second-order valence-electron chi connectivity index (χ2n) is 6.86. The number of hydrogen-bond acceptors (Lipinski definition) is 3. The minimum Gasteiger partial charge on any atom is -0.328 e. The van der Waals surface area contributed by atoms with Gasteiger partial charge >= 0.3 is 0 Å². The molecule has 3 nitrogen and oxygen atoms in total. The number of nitrogens with one attached hydrogen (secondary N) is 1. The van der Waals surface area contributed by atoms with Crippen LogP contribution in [0.5, 0.6) is 0 Å². The molecule has 0 aromatic carbocycles. The highest BCUT2D eigenvalue weighted by Gasteiger charge is 2.31. The summed E-state index contributed by atoms with van der Waals surface area (Å²) >= 11 is 0. The maximum atomic E-state index is 5.76. The molecule has 0 aromatic rings. The molecule has 0 bridgehead atoms.